The van der Waals surface area contributed by atoms with Crippen LogP contribution in [0.15, 0.2) is 12.7 Å². The summed E-state index contributed by atoms with van der Waals surface area (Å²) in [5.41, 5.74) is 5.72. The smallest absolute Gasteiger partial charge is 0.0102 e. The van der Waals surface area contributed by atoms with Crippen LogP contribution < -0.4 is 5.73 Å². The average molecular weight is 111 g/mol. The van der Waals surface area contributed by atoms with E-state index in [-0.39, 0.29) is 0 Å². The molecule has 0 bridgehead atoms. The van der Waals surface area contributed by atoms with Crippen LogP contribution in [0.3, 0.4) is 0 Å². The van der Waals surface area contributed by atoms with Crippen molar-refractivity contribution in [3.63, 3.8) is 0 Å². The second-order valence-corrected chi connectivity index (χ2v) is 2.53. The van der Waals surface area contributed by atoms with Crippen LogP contribution in [0.2, 0.25) is 0 Å². The van der Waals surface area contributed by atoms with Crippen LogP contribution in [0.4, 0.5) is 0 Å². The van der Waals surface area contributed by atoms with E-state index < -0.39 is 0 Å². The summed E-state index contributed by atoms with van der Waals surface area (Å²) in [6, 6.07) is 0.410. The fraction of sp³-hybridized carbons (Fsp3) is 0.714. The first-order chi connectivity index (χ1) is 3.84. The van der Waals surface area contributed by atoms with Crippen molar-refractivity contribution in [2.45, 2.75) is 25.3 Å². The lowest BCUT2D eigenvalue weighted by Crippen LogP contribution is -2.20. The Balaban J connectivity index is 2.12. The zero-order valence-corrected chi connectivity index (χ0v) is 5.14. The topological polar surface area (TPSA) is 26.0 Å². The van der Waals surface area contributed by atoms with Gasteiger partial charge in [-0.05, 0) is 25.2 Å². The summed E-state index contributed by atoms with van der Waals surface area (Å²) in [4.78, 5) is 0. The molecule has 0 spiro atoms. The van der Waals surface area contributed by atoms with Gasteiger partial charge >= 0.3 is 0 Å². The van der Waals surface area contributed by atoms with E-state index >= 15 is 0 Å². The molecule has 0 radical (unpaired) electrons. The van der Waals surface area contributed by atoms with Gasteiger partial charge in [-0.1, -0.05) is 6.08 Å². The minimum Gasteiger partial charge on any atom is -0.327 e. The molecule has 46 valence electrons. The molecule has 1 aliphatic rings. The molecule has 1 rings (SSSR count). The number of rotatable bonds is 3. The van der Waals surface area contributed by atoms with E-state index in [1.807, 2.05) is 6.08 Å². The average Bonchev–Trinajstić information content (AvgIpc) is 2.45. The third-order valence-electron chi connectivity index (χ3n) is 1.67. The van der Waals surface area contributed by atoms with E-state index in [2.05, 4.69) is 6.58 Å². The number of nitrogens with two attached hydrogens (primary N) is 1. The van der Waals surface area contributed by atoms with Crippen LogP contribution in [0.1, 0.15) is 19.3 Å². The Labute approximate surface area is 50.6 Å². The molecule has 0 aromatic carbocycles. The molecule has 1 atom stereocenters. The Hall–Kier alpha value is -0.300. The van der Waals surface area contributed by atoms with Crippen LogP contribution in [0.25, 0.3) is 0 Å². The molecule has 0 unspecified atom stereocenters. The predicted molar refractivity (Wildman–Crippen MR) is 35.5 cm³/mol. The first-order valence-corrected chi connectivity index (χ1v) is 3.21. The van der Waals surface area contributed by atoms with Gasteiger partial charge in [-0.25, -0.2) is 0 Å². The van der Waals surface area contributed by atoms with Crippen molar-refractivity contribution in [3.8, 4) is 0 Å². The highest BCUT2D eigenvalue weighted by Gasteiger charge is 2.26. The summed E-state index contributed by atoms with van der Waals surface area (Å²) >= 11 is 0. The van der Waals surface area contributed by atoms with E-state index in [1.165, 1.54) is 12.8 Å². The van der Waals surface area contributed by atoms with Gasteiger partial charge in [-0.3, -0.25) is 0 Å². The molecule has 0 heterocycles. The lowest BCUT2D eigenvalue weighted by molar-refractivity contribution is 0.603. The summed E-state index contributed by atoms with van der Waals surface area (Å²) in [7, 11) is 0. The van der Waals surface area contributed by atoms with Crippen molar-refractivity contribution >= 4 is 0 Å². The number of hydrogen-bond acceptors (Lipinski definition) is 1. The van der Waals surface area contributed by atoms with Crippen LogP contribution in [-0.4, -0.2) is 6.04 Å². The zero-order valence-electron chi connectivity index (χ0n) is 5.14. The molecular weight excluding hydrogens is 98.1 g/mol. The largest absolute Gasteiger partial charge is 0.327 e. The van der Waals surface area contributed by atoms with E-state index in [9.17, 15) is 0 Å². The van der Waals surface area contributed by atoms with Gasteiger partial charge in [0.05, 0.1) is 0 Å². The summed E-state index contributed by atoms with van der Waals surface area (Å²) in [6.45, 7) is 3.63. The molecule has 1 fully saturated rings. The van der Waals surface area contributed by atoms with Crippen LogP contribution >= 0.6 is 0 Å². The first kappa shape index (κ1) is 5.83. The maximum absolute atomic E-state index is 5.72. The first-order valence-electron chi connectivity index (χ1n) is 3.21. The maximum Gasteiger partial charge on any atom is 0.0102 e. The van der Waals surface area contributed by atoms with Gasteiger partial charge in [0.15, 0.2) is 0 Å². The van der Waals surface area contributed by atoms with Gasteiger partial charge < -0.3 is 5.73 Å². The highest BCUT2D eigenvalue weighted by Crippen LogP contribution is 2.32. The summed E-state index contributed by atoms with van der Waals surface area (Å²) < 4.78 is 0. The molecule has 8 heavy (non-hydrogen) atoms. The SMILES string of the molecule is C=CC[C@H](N)C1CC1. The second kappa shape index (κ2) is 2.31. The van der Waals surface area contributed by atoms with E-state index in [0.29, 0.717) is 6.04 Å². The molecule has 1 nitrogen and oxygen atoms in total. The predicted octanol–water partition coefficient (Wildman–Crippen LogP) is 1.30. The highest BCUT2D eigenvalue weighted by atomic mass is 14.7. The standard InChI is InChI=1S/C7H13N/c1-2-3-7(8)6-4-5-6/h2,6-7H,1,3-5,8H2/t7-/m0/s1. The van der Waals surface area contributed by atoms with Gasteiger partial charge in [-0.15, -0.1) is 6.58 Å². The summed E-state index contributed by atoms with van der Waals surface area (Å²) in [5, 5.41) is 0. The quantitative estimate of drug-likeness (QED) is 0.546. The lowest BCUT2D eigenvalue weighted by Gasteiger charge is -2.03. The van der Waals surface area contributed by atoms with Crippen molar-refractivity contribution in [2.24, 2.45) is 11.7 Å². The Morgan fingerprint density at radius 2 is 2.38 bits per heavy atom. The molecule has 0 amide bonds. The highest BCUT2D eigenvalue weighted by molar-refractivity contribution is 4.88. The Morgan fingerprint density at radius 1 is 1.75 bits per heavy atom. The van der Waals surface area contributed by atoms with Crippen LogP contribution in [0.5, 0.6) is 0 Å². The minimum absolute atomic E-state index is 0.410. The van der Waals surface area contributed by atoms with Gasteiger partial charge in [0.25, 0.3) is 0 Å². The third kappa shape index (κ3) is 1.34. The van der Waals surface area contributed by atoms with Crippen molar-refractivity contribution in [3.05, 3.63) is 12.7 Å². The Bertz CT molecular complexity index is 84.4. The van der Waals surface area contributed by atoms with Crippen molar-refractivity contribution < 1.29 is 0 Å². The zero-order chi connectivity index (χ0) is 5.98. The third-order valence-corrected chi connectivity index (χ3v) is 1.67. The van der Waals surface area contributed by atoms with Crippen molar-refractivity contribution in [2.75, 3.05) is 0 Å². The molecule has 1 saturated carbocycles. The van der Waals surface area contributed by atoms with Crippen molar-refractivity contribution in [1.82, 2.24) is 0 Å². The minimum atomic E-state index is 0.410. The molecule has 0 aromatic rings. The van der Waals surface area contributed by atoms with Gasteiger partial charge in [-0.2, -0.15) is 0 Å². The van der Waals surface area contributed by atoms with E-state index in [4.69, 9.17) is 5.73 Å². The van der Waals surface area contributed by atoms with E-state index in [1.54, 1.807) is 0 Å². The molecule has 1 aliphatic carbocycles. The molecule has 2 N–H and O–H groups in total. The molecule has 0 aliphatic heterocycles. The fourth-order valence-corrected chi connectivity index (χ4v) is 0.909. The summed E-state index contributed by atoms with van der Waals surface area (Å²) in [5.74, 6) is 0.827. The maximum atomic E-state index is 5.72. The molecule has 0 saturated heterocycles. The normalized spacial score (nSPS) is 22.6. The van der Waals surface area contributed by atoms with Crippen LogP contribution in [0, 0.1) is 5.92 Å². The lowest BCUT2D eigenvalue weighted by atomic mass is 10.1. The monoisotopic (exact) mass is 111 g/mol. The molecule has 1 heteroatoms. The summed E-state index contributed by atoms with van der Waals surface area (Å²) in [6.07, 6.45) is 5.58. The van der Waals surface area contributed by atoms with Crippen molar-refractivity contribution in [1.29, 1.82) is 0 Å². The van der Waals surface area contributed by atoms with E-state index in [0.717, 1.165) is 12.3 Å². The molecular formula is C7H13N. The number of hydrogen-bond donors (Lipinski definition) is 1. The van der Waals surface area contributed by atoms with Gasteiger partial charge in [0.2, 0.25) is 0 Å². The fourth-order valence-electron chi connectivity index (χ4n) is 0.909. The van der Waals surface area contributed by atoms with Gasteiger partial charge in [0, 0.05) is 6.04 Å². The van der Waals surface area contributed by atoms with Gasteiger partial charge in [0.1, 0.15) is 0 Å². The van der Waals surface area contributed by atoms with Crippen LogP contribution in [-0.2, 0) is 0 Å². The Kier molecular flexibility index (Phi) is 1.69. The second-order valence-electron chi connectivity index (χ2n) is 2.53. The molecule has 0 aromatic heterocycles. The Morgan fingerprint density at radius 3 is 2.75 bits per heavy atom.